The normalized spacial score (nSPS) is 17.2. The van der Waals surface area contributed by atoms with Crippen LogP contribution in [0.4, 0.5) is 10.1 Å². The molecule has 1 saturated heterocycles. The highest BCUT2D eigenvalue weighted by molar-refractivity contribution is 6.30. The van der Waals surface area contributed by atoms with E-state index in [9.17, 15) is 14.3 Å². The molecule has 0 atom stereocenters. The molecule has 0 saturated carbocycles. The molecule has 174 valence electrons. The van der Waals surface area contributed by atoms with Gasteiger partial charge in [0.25, 0.3) is 0 Å². The van der Waals surface area contributed by atoms with Gasteiger partial charge in [-0.25, -0.2) is 4.39 Å². The Hall–Kier alpha value is -3.35. The monoisotopic (exact) mass is 478 g/mol. The topological polar surface area (TPSA) is 53.0 Å². The van der Waals surface area contributed by atoms with Crippen molar-refractivity contribution in [1.29, 1.82) is 0 Å². The molecule has 5 nitrogen and oxygen atoms in total. The van der Waals surface area contributed by atoms with Crippen molar-refractivity contribution in [3.05, 3.63) is 93.5 Å². The molecule has 5 rings (SSSR count). The number of anilines is 1. The van der Waals surface area contributed by atoms with E-state index in [1.165, 1.54) is 6.07 Å². The summed E-state index contributed by atoms with van der Waals surface area (Å²) in [4.78, 5) is 17.3. The van der Waals surface area contributed by atoms with E-state index in [-0.39, 0.29) is 23.1 Å². The Labute approximate surface area is 202 Å². The number of nitrogens with zero attached hydrogens (tertiary/aromatic N) is 2. The smallest absolute Gasteiger partial charge is 0.232 e. The first-order chi connectivity index (χ1) is 16.4. The number of hydrogen-bond acceptors (Lipinski definition) is 5. The third-order valence-electron chi connectivity index (χ3n) is 6.34. The molecule has 7 heteroatoms. The van der Waals surface area contributed by atoms with E-state index in [0.717, 1.165) is 5.56 Å². The van der Waals surface area contributed by atoms with Gasteiger partial charge in [0.05, 0.1) is 16.8 Å². The molecule has 34 heavy (non-hydrogen) atoms. The number of benzene rings is 3. The first-order valence-electron chi connectivity index (χ1n) is 11.2. The molecule has 0 aromatic heterocycles. The van der Waals surface area contributed by atoms with Gasteiger partial charge in [-0.2, -0.15) is 0 Å². The van der Waals surface area contributed by atoms with E-state index in [1.54, 1.807) is 43.3 Å². The van der Waals surface area contributed by atoms with Gasteiger partial charge in [-0.3, -0.25) is 9.69 Å². The van der Waals surface area contributed by atoms with Gasteiger partial charge in [-0.1, -0.05) is 35.9 Å². The number of hydrogen-bond donors (Lipinski definition) is 1. The lowest BCUT2D eigenvalue weighted by molar-refractivity contribution is 0.101. The molecule has 2 heterocycles. The number of phenolic OH excluding ortho intramolecular Hbond substituents is 1. The summed E-state index contributed by atoms with van der Waals surface area (Å²) >= 11 is 5.96. The number of piperazine rings is 1. The van der Waals surface area contributed by atoms with Crippen molar-refractivity contribution < 1.29 is 19.0 Å². The average molecular weight is 479 g/mol. The molecule has 0 radical (unpaired) electrons. The second-order valence-corrected chi connectivity index (χ2v) is 9.04. The summed E-state index contributed by atoms with van der Waals surface area (Å²) in [5.41, 5.74) is 3.15. The van der Waals surface area contributed by atoms with E-state index < -0.39 is 0 Å². The van der Waals surface area contributed by atoms with Gasteiger partial charge >= 0.3 is 0 Å². The van der Waals surface area contributed by atoms with Gasteiger partial charge < -0.3 is 14.7 Å². The van der Waals surface area contributed by atoms with Crippen LogP contribution in [0, 0.1) is 12.7 Å². The summed E-state index contributed by atoms with van der Waals surface area (Å²) in [7, 11) is 0. The quantitative estimate of drug-likeness (QED) is 0.507. The molecule has 0 unspecified atom stereocenters. The van der Waals surface area contributed by atoms with Gasteiger partial charge in [-0.05, 0) is 54.5 Å². The molecule has 0 spiro atoms. The van der Waals surface area contributed by atoms with Crippen molar-refractivity contribution in [2.75, 3.05) is 31.1 Å². The second-order valence-electron chi connectivity index (χ2n) is 8.60. The zero-order chi connectivity index (χ0) is 23.8. The van der Waals surface area contributed by atoms with Crippen LogP contribution < -0.4 is 9.64 Å². The zero-order valence-electron chi connectivity index (χ0n) is 18.7. The molecule has 0 amide bonds. The molecule has 1 fully saturated rings. The fourth-order valence-corrected chi connectivity index (χ4v) is 4.65. The number of Topliss-reactive ketones (excluding diaryl/α,β-unsaturated/α-hetero) is 1. The van der Waals surface area contributed by atoms with Crippen LogP contribution in [0.25, 0.3) is 6.08 Å². The lowest BCUT2D eigenvalue weighted by atomic mass is 9.99. The summed E-state index contributed by atoms with van der Waals surface area (Å²) < 4.78 is 20.2. The van der Waals surface area contributed by atoms with Crippen LogP contribution >= 0.6 is 11.6 Å². The Kier molecular flexibility index (Phi) is 6.02. The number of fused-ring (bicyclic) bond motifs is 1. The number of ether oxygens (including phenoxy) is 1. The van der Waals surface area contributed by atoms with Crippen LogP contribution in [0.5, 0.6) is 11.5 Å². The van der Waals surface area contributed by atoms with Gasteiger partial charge in [0, 0.05) is 37.7 Å². The van der Waals surface area contributed by atoms with Crippen LogP contribution in [0.15, 0.2) is 60.4 Å². The average Bonchev–Trinajstić information content (AvgIpc) is 3.15. The van der Waals surface area contributed by atoms with E-state index in [4.69, 9.17) is 16.3 Å². The summed E-state index contributed by atoms with van der Waals surface area (Å²) in [6.07, 6.45) is 1.69. The van der Waals surface area contributed by atoms with Crippen molar-refractivity contribution in [2.45, 2.75) is 13.5 Å². The zero-order valence-corrected chi connectivity index (χ0v) is 19.5. The highest BCUT2D eigenvalue weighted by Crippen LogP contribution is 2.42. The Morgan fingerprint density at radius 3 is 2.50 bits per heavy atom. The Morgan fingerprint density at radius 1 is 1.09 bits per heavy atom. The van der Waals surface area contributed by atoms with Gasteiger partial charge in [-0.15, -0.1) is 0 Å². The van der Waals surface area contributed by atoms with E-state index in [2.05, 4.69) is 4.90 Å². The first kappa shape index (κ1) is 22.4. The Balaban J connectivity index is 1.36. The number of aromatic hydroxyl groups is 1. The molecule has 1 N–H and O–H groups in total. The number of carbonyl (C=O) groups excluding carboxylic acids is 1. The molecule has 2 aliphatic rings. The molecular formula is C27H24ClFN2O3. The number of aryl methyl sites for hydroxylation is 1. The summed E-state index contributed by atoms with van der Waals surface area (Å²) in [5, 5.41) is 11.3. The number of allylic oxidation sites excluding steroid dienone is 1. The number of halogens is 2. The number of ketones is 1. The number of rotatable bonds is 4. The van der Waals surface area contributed by atoms with Gasteiger partial charge in [0.2, 0.25) is 5.78 Å². The van der Waals surface area contributed by atoms with Crippen molar-refractivity contribution in [3.63, 3.8) is 0 Å². The molecule has 0 bridgehead atoms. The van der Waals surface area contributed by atoms with Crippen LogP contribution in [0.2, 0.25) is 5.02 Å². The Morgan fingerprint density at radius 2 is 1.79 bits per heavy atom. The lowest BCUT2D eigenvalue weighted by Gasteiger charge is -2.36. The van der Waals surface area contributed by atoms with Crippen molar-refractivity contribution in [3.8, 4) is 11.5 Å². The maximum absolute atomic E-state index is 14.2. The van der Waals surface area contributed by atoms with Crippen molar-refractivity contribution in [2.24, 2.45) is 0 Å². The fraction of sp³-hybridized carbons (Fsp3) is 0.222. The highest BCUT2D eigenvalue weighted by atomic mass is 35.5. The molecule has 2 aliphatic heterocycles. The van der Waals surface area contributed by atoms with E-state index in [1.807, 2.05) is 23.1 Å². The first-order valence-corrected chi connectivity index (χ1v) is 11.6. The molecule has 0 aliphatic carbocycles. The van der Waals surface area contributed by atoms with Crippen molar-refractivity contribution in [1.82, 2.24) is 4.90 Å². The van der Waals surface area contributed by atoms with Crippen molar-refractivity contribution >= 4 is 29.1 Å². The Bertz CT molecular complexity index is 1280. The minimum absolute atomic E-state index is 0.105. The molecule has 3 aromatic carbocycles. The van der Waals surface area contributed by atoms with Gasteiger partial charge in [0.1, 0.15) is 17.3 Å². The standard InChI is InChI=1S/C27H24ClFN2O3/c1-17-14-23(32)20(16-30-10-12-31(13-11-30)22-5-3-2-4-21(22)29)27-25(17)26(33)24(34-27)15-18-6-8-19(28)9-7-18/h2-9,14-15,32H,10-13,16H2,1H3/b24-15-. The maximum Gasteiger partial charge on any atom is 0.232 e. The summed E-state index contributed by atoms with van der Waals surface area (Å²) in [6, 6.07) is 15.5. The molecular weight excluding hydrogens is 455 g/mol. The number of phenols is 1. The van der Waals surface area contributed by atoms with Crippen LogP contribution in [0.1, 0.15) is 27.0 Å². The maximum atomic E-state index is 14.2. The second kappa shape index (κ2) is 9.12. The number of carbonyl (C=O) groups is 1. The third kappa shape index (κ3) is 4.27. The predicted molar refractivity (Wildman–Crippen MR) is 131 cm³/mol. The third-order valence-corrected chi connectivity index (χ3v) is 6.59. The number of para-hydroxylation sites is 1. The summed E-state index contributed by atoms with van der Waals surface area (Å²) in [6.45, 7) is 4.94. The SMILES string of the molecule is Cc1cc(O)c(CN2CCN(c3ccccc3F)CC2)c2c1C(=O)/C(=C/c1ccc(Cl)cc1)O2. The minimum Gasteiger partial charge on any atom is -0.507 e. The highest BCUT2D eigenvalue weighted by Gasteiger charge is 2.34. The predicted octanol–water partition coefficient (Wildman–Crippen LogP) is 5.43. The van der Waals surface area contributed by atoms with E-state index >= 15 is 0 Å². The lowest BCUT2D eigenvalue weighted by Crippen LogP contribution is -2.46. The summed E-state index contributed by atoms with van der Waals surface area (Å²) in [5.74, 6) is 0.314. The fourth-order valence-electron chi connectivity index (χ4n) is 4.52. The van der Waals surface area contributed by atoms with Gasteiger partial charge in [0.15, 0.2) is 5.76 Å². The largest absolute Gasteiger partial charge is 0.507 e. The van der Waals surface area contributed by atoms with E-state index in [0.29, 0.717) is 65.9 Å². The molecule has 3 aromatic rings. The van der Waals surface area contributed by atoms with Crippen LogP contribution in [-0.2, 0) is 6.54 Å². The van der Waals surface area contributed by atoms with Crippen LogP contribution in [0.3, 0.4) is 0 Å². The minimum atomic E-state index is -0.225. The van der Waals surface area contributed by atoms with Crippen LogP contribution in [-0.4, -0.2) is 42.0 Å².